The third kappa shape index (κ3) is 3.94. The molecule has 2 aromatic rings. The molecule has 0 spiro atoms. The summed E-state index contributed by atoms with van der Waals surface area (Å²) in [5.74, 6) is 0.100. The van der Waals surface area contributed by atoms with Gasteiger partial charge in [0.1, 0.15) is 0 Å². The number of anilines is 1. The lowest BCUT2D eigenvalue weighted by Crippen LogP contribution is -2.11. The van der Waals surface area contributed by atoms with Crippen molar-refractivity contribution in [2.24, 2.45) is 0 Å². The van der Waals surface area contributed by atoms with Crippen molar-refractivity contribution < 1.29 is 4.79 Å². The van der Waals surface area contributed by atoms with Crippen LogP contribution in [0.2, 0.25) is 0 Å². The molecule has 3 rings (SSSR count). The number of fused-ring (bicyclic) bond motifs is 1. The van der Waals surface area contributed by atoms with E-state index < -0.39 is 0 Å². The molecule has 0 saturated heterocycles. The lowest BCUT2D eigenvalue weighted by Gasteiger charge is -2.03. The van der Waals surface area contributed by atoms with Gasteiger partial charge in [0.2, 0.25) is 5.91 Å². The van der Waals surface area contributed by atoms with Crippen LogP contribution in [0.1, 0.15) is 42.7 Å². The van der Waals surface area contributed by atoms with Crippen molar-refractivity contribution in [1.82, 2.24) is 9.55 Å². The van der Waals surface area contributed by atoms with Gasteiger partial charge in [-0.25, -0.2) is 4.98 Å². The minimum absolute atomic E-state index is 0.100. The van der Waals surface area contributed by atoms with E-state index in [9.17, 15) is 4.79 Å². The highest BCUT2D eigenvalue weighted by Crippen LogP contribution is 2.30. The lowest BCUT2D eigenvalue weighted by atomic mass is 10.2. The van der Waals surface area contributed by atoms with Crippen LogP contribution in [0.15, 0.2) is 24.5 Å². The molecule has 1 aliphatic carbocycles. The first kappa shape index (κ1) is 14.3. The van der Waals surface area contributed by atoms with Crippen molar-refractivity contribution in [3.05, 3.63) is 35.1 Å². The maximum atomic E-state index is 11.9. The number of carbonyl (C=O) groups excluding carboxylic acids is 1. The molecule has 1 amide bonds. The first-order valence-corrected chi connectivity index (χ1v) is 8.52. The second-order valence-electron chi connectivity index (χ2n) is 5.52. The quantitative estimate of drug-likeness (QED) is 0.794. The summed E-state index contributed by atoms with van der Waals surface area (Å²) < 4.78 is 2.18. The molecule has 1 N–H and O–H groups in total. The van der Waals surface area contributed by atoms with Gasteiger partial charge in [0, 0.05) is 30.2 Å². The van der Waals surface area contributed by atoms with E-state index in [0.717, 1.165) is 43.8 Å². The minimum Gasteiger partial charge on any atom is -0.354 e. The summed E-state index contributed by atoms with van der Waals surface area (Å²) in [6.07, 6.45) is 11.3. The van der Waals surface area contributed by atoms with E-state index in [1.807, 2.05) is 12.1 Å². The topological polar surface area (TPSA) is 46.9 Å². The molecule has 112 valence electrons. The maximum Gasteiger partial charge on any atom is 0.226 e. The van der Waals surface area contributed by atoms with Crippen molar-refractivity contribution >= 4 is 22.4 Å². The number of rotatable bonds is 7. The fourth-order valence-corrected chi connectivity index (χ4v) is 3.77. The van der Waals surface area contributed by atoms with Crippen LogP contribution in [0, 0.1) is 0 Å². The second-order valence-corrected chi connectivity index (χ2v) is 6.61. The third-order valence-corrected chi connectivity index (χ3v) is 4.90. The van der Waals surface area contributed by atoms with Gasteiger partial charge in [-0.05, 0) is 44.2 Å². The molecule has 5 heteroatoms. The van der Waals surface area contributed by atoms with Crippen molar-refractivity contribution in [2.45, 2.75) is 51.5 Å². The van der Waals surface area contributed by atoms with Gasteiger partial charge in [-0.3, -0.25) is 4.79 Å². The molecular weight excluding hydrogens is 282 g/mol. The predicted octanol–water partition coefficient (Wildman–Crippen LogP) is 3.63. The average Bonchev–Trinajstić information content (AvgIpc) is 3.14. The predicted molar refractivity (Wildman–Crippen MR) is 85.7 cm³/mol. The molecule has 21 heavy (non-hydrogen) atoms. The van der Waals surface area contributed by atoms with Crippen LogP contribution in [-0.2, 0) is 24.2 Å². The van der Waals surface area contributed by atoms with Crippen LogP contribution >= 0.6 is 11.3 Å². The highest BCUT2D eigenvalue weighted by atomic mass is 32.1. The van der Waals surface area contributed by atoms with Crippen molar-refractivity contribution in [3.8, 4) is 0 Å². The number of carbonyl (C=O) groups is 1. The number of nitrogens with zero attached hydrogens (tertiary/aromatic N) is 2. The molecule has 4 nitrogen and oxygen atoms in total. The summed E-state index contributed by atoms with van der Waals surface area (Å²) >= 11 is 1.65. The van der Waals surface area contributed by atoms with Crippen LogP contribution in [0.25, 0.3) is 0 Å². The van der Waals surface area contributed by atoms with E-state index >= 15 is 0 Å². The Kier molecular flexibility index (Phi) is 4.70. The molecule has 0 aliphatic heterocycles. The number of aromatic nitrogens is 2. The van der Waals surface area contributed by atoms with Crippen LogP contribution < -0.4 is 5.32 Å². The number of hydrogen-bond donors (Lipinski definition) is 1. The summed E-state index contributed by atoms with van der Waals surface area (Å²) in [6.45, 7) is 1.04. The third-order valence-electron chi connectivity index (χ3n) is 3.83. The van der Waals surface area contributed by atoms with Crippen LogP contribution in [0.3, 0.4) is 0 Å². The highest BCUT2D eigenvalue weighted by molar-refractivity contribution is 7.15. The molecule has 0 fully saturated rings. The first-order chi connectivity index (χ1) is 10.3. The number of unbranched alkanes of at least 4 members (excludes halogenated alkanes) is 2. The van der Waals surface area contributed by atoms with Crippen LogP contribution in [0.4, 0.5) is 5.13 Å². The lowest BCUT2D eigenvalue weighted by molar-refractivity contribution is -0.116. The Labute approximate surface area is 129 Å². The van der Waals surface area contributed by atoms with Gasteiger partial charge >= 0.3 is 0 Å². The number of aryl methyl sites for hydroxylation is 3. The summed E-state index contributed by atoms with van der Waals surface area (Å²) in [5, 5.41) is 3.73. The fraction of sp³-hybridized carbons (Fsp3) is 0.500. The second kappa shape index (κ2) is 6.89. The van der Waals surface area contributed by atoms with Gasteiger partial charge in [-0.15, -0.1) is 11.3 Å². The summed E-state index contributed by atoms with van der Waals surface area (Å²) in [6, 6.07) is 4.08. The Morgan fingerprint density at radius 3 is 2.90 bits per heavy atom. The Hall–Kier alpha value is -1.62. The van der Waals surface area contributed by atoms with Crippen molar-refractivity contribution in [2.75, 3.05) is 5.32 Å². The normalized spacial score (nSPS) is 13.3. The summed E-state index contributed by atoms with van der Waals surface area (Å²) in [4.78, 5) is 17.7. The van der Waals surface area contributed by atoms with E-state index in [1.54, 1.807) is 11.3 Å². The van der Waals surface area contributed by atoms with E-state index in [2.05, 4.69) is 27.3 Å². The zero-order valence-electron chi connectivity index (χ0n) is 12.2. The van der Waals surface area contributed by atoms with Gasteiger partial charge in [-0.1, -0.05) is 6.42 Å². The van der Waals surface area contributed by atoms with E-state index in [1.165, 1.54) is 17.0 Å². The van der Waals surface area contributed by atoms with Crippen LogP contribution in [-0.4, -0.2) is 15.5 Å². The summed E-state index contributed by atoms with van der Waals surface area (Å²) in [5.41, 5.74) is 1.20. The molecule has 2 aromatic heterocycles. The van der Waals surface area contributed by atoms with Gasteiger partial charge in [0.05, 0.1) is 5.69 Å². The number of nitrogens with one attached hydrogen (secondary N) is 1. The van der Waals surface area contributed by atoms with E-state index in [0.29, 0.717) is 6.42 Å². The molecular formula is C16H21N3OS. The van der Waals surface area contributed by atoms with Gasteiger partial charge < -0.3 is 9.88 Å². The Bertz CT molecular complexity index is 567. The SMILES string of the molecule is O=C(CCCCCn1cccc1)Nc1nc2c(s1)CCC2. The van der Waals surface area contributed by atoms with Gasteiger partial charge in [-0.2, -0.15) is 0 Å². The van der Waals surface area contributed by atoms with Crippen molar-refractivity contribution in [3.63, 3.8) is 0 Å². The molecule has 0 radical (unpaired) electrons. The van der Waals surface area contributed by atoms with Crippen LogP contribution in [0.5, 0.6) is 0 Å². The first-order valence-electron chi connectivity index (χ1n) is 7.70. The smallest absolute Gasteiger partial charge is 0.226 e. The van der Waals surface area contributed by atoms with Gasteiger partial charge in [0.25, 0.3) is 0 Å². The number of hydrogen-bond acceptors (Lipinski definition) is 3. The Morgan fingerprint density at radius 1 is 1.24 bits per heavy atom. The average molecular weight is 303 g/mol. The van der Waals surface area contributed by atoms with E-state index in [-0.39, 0.29) is 5.91 Å². The number of amides is 1. The molecule has 0 aromatic carbocycles. The highest BCUT2D eigenvalue weighted by Gasteiger charge is 2.17. The fourth-order valence-electron chi connectivity index (χ4n) is 2.70. The zero-order chi connectivity index (χ0) is 14.5. The maximum absolute atomic E-state index is 11.9. The molecule has 0 unspecified atom stereocenters. The Balaban J connectivity index is 1.32. The molecule has 1 aliphatic rings. The number of thiazole rings is 1. The van der Waals surface area contributed by atoms with E-state index in [4.69, 9.17) is 0 Å². The molecule has 0 atom stereocenters. The monoisotopic (exact) mass is 303 g/mol. The summed E-state index contributed by atoms with van der Waals surface area (Å²) in [7, 11) is 0. The Morgan fingerprint density at radius 2 is 2.10 bits per heavy atom. The molecule has 0 saturated carbocycles. The molecule has 0 bridgehead atoms. The van der Waals surface area contributed by atoms with Gasteiger partial charge in [0.15, 0.2) is 5.13 Å². The zero-order valence-corrected chi connectivity index (χ0v) is 13.0. The standard InChI is InChI=1S/C16H21N3OS/c20-15(9-2-1-3-10-19-11-4-5-12-19)18-16-17-13-7-6-8-14(13)21-16/h4-5,11-12H,1-3,6-10H2,(H,17,18,20). The minimum atomic E-state index is 0.100. The largest absolute Gasteiger partial charge is 0.354 e. The van der Waals surface area contributed by atoms with Crippen molar-refractivity contribution in [1.29, 1.82) is 0 Å². The molecule has 2 heterocycles.